The molecule has 2 amide bonds. The van der Waals surface area contributed by atoms with Gasteiger partial charge < -0.3 is 13.9 Å². The van der Waals surface area contributed by atoms with E-state index in [0.29, 0.717) is 38.2 Å². The van der Waals surface area contributed by atoms with Crippen molar-refractivity contribution in [2.45, 2.75) is 25.7 Å². The Bertz CT molecular complexity index is 1060. The molecule has 0 spiro atoms. The number of fused-ring (bicyclic) bond motifs is 1. The summed E-state index contributed by atoms with van der Waals surface area (Å²) < 4.78 is 12.8. The number of carbonyl (C=O) groups is 2. The number of imide groups is 1. The number of carbonyl (C=O) groups excluding carboxylic acids is 2. The third-order valence-corrected chi connectivity index (χ3v) is 4.90. The van der Waals surface area contributed by atoms with Crippen LogP contribution in [0.4, 0.5) is 4.79 Å². The lowest BCUT2D eigenvalue weighted by Gasteiger charge is -2.11. The molecule has 1 saturated heterocycles. The molecule has 0 N–H and O–H groups in total. The average molecular weight is 405 g/mol. The quantitative estimate of drug-likeness (QED) is 0.398. The number of ether oxygens (including phenoxy) is 2. The number of aromatic nitrogens is 2. The molecule has 1 aromatic carbocycles. The van der Waals surface area contributed by atoms with E-state index in [1.54, 1.807) is 12.3 Å². The maximum absolute atomic E-state index is 12.4. The van der Waals surface area contributed by atoms with Crippen molar-refractivity contribution >= 4 is 17.6 Å². The van der Waals surface area contributed by atoms with Gasteiger partial charge in [0.2, 0.25) is 0 Å². The second-order valence-electron chi connectivity index (χ2n) is 7.00. The fourth-order valence-electron chi connectivity index (χ4n) is 3.33. The molecule has 1 aliphatic rings. The van der Waals surface area contributed by atoms with Gasteiger partial charge in [-0.15, -0.1) is 0 Å². The molecule has 3 heterocycles. The number of cyclic esters (lactones) is 1. The van der Waals surface area contributed by atoms with E-state index in [1.807, 2.05) is 59.3 Å². The maximum Gasteiger partial charge on any atom is 0.422 e. The van der Waals surface area contributed by atoms with Gasteiger partial charge in [0.1, 0.15) is 0 Å². The standard InChI is InChI=1S/C23H23N3O4/c27-22-20(11-6-10-18-8-2-1-3-9-18)30-23(28)26(22)15-4-5-17-29-19-12-7-14-25-16-13-24-21(19)25/h1-3,7-9,11-14,16H,4-6,10,15,17H2/b20-11+. The lowest BCUT2D eigenvalue weighted by molar-refractivity contribution is -0.123. The van der Waals surface area contributed by atoms with Gasteiger partial charge in [-0.05, 0) is 49.5 Å². The molecular weight excluding hydrogens is 382 g/mol. The average Bonchev–Trinajstić information content (AvgIpc) is 3.34. The minimum Gasteiger partial charge on any atom is -0.490 e. The maximum atomic E-state index is 12.4. The molecule has 0 saturated carbocycles. The minimum absolute atomic E-state index is 0.123. The first-order chi connectivity index (χ1) is 14.7. The van der Waals surface area contributed by atoms with Crippen molar-refractivity contribution in [3.05, 3.63) is 78.5 Å². The van der Waals surface area contributed by atoms with Crippen molar-refractivity contribution in [1.29, 1.82) is 0 Å². The highest BCUT2D eigenvalue weighted by Gasteiger charge is 2.35. The number of allylic oxidation sites excluding steroid dienone is 1. The minimum atomic E-state index is -0.603. The largest absolute Gasteiger partial charge is 0.490 e. The van der Waals surface area contributed by atoms with E-state index in [2.05, 4.69) is 4.98 Å². The van der Waals surface area contributed by atoms with Crippen molar-refractivity contribution in [2.75, 3.05) is 13.2 Å². The third-order valence-electron chi connectivity index (χ3n) is 4.90. The van der Waals surface area contributed by atoms with E-state index >= 15 is 0 Å². The molecule has 30 heavy (non-hydrogen) atoms. The van der Waals surface area contributed by atoms with E-state index in [9.17, 15) is 9.59 Å². The van der Waals surface area contributed by atoms with Crippen LogP contribution in [0.5, 0.6) is 5.75 Å². The Morgan fingerprint density at radius 2 is 1.90 bits per heavy atom. The highest BCUT2D eigenvalue weighted by molar-refractivity contribution is 6.07. The zero-order valence-electron chi connectivity index (χ0n) is 16.6. The molecule has 1 fully saturated rings. The number of unbranched alkanes of at least 4 members (excludes halogenated alkanes) is 1. The molecule has 0 atom stereocenters. The molecule has 154 valence electrons. The molecular formula is C23H23N3O4. The van der Waals surface area contributed by atoms with Crippen LogP contribution in [0, 0.1) is 0 Å². The predicted molar refractivity (Wildman–Crippen MR) is 111 cm³/mol. The molecule has 4 rings (SSSR count). The van der Waals surface area contributed by atoms with Crippen LogP contribution in [0.3, 0.4) is 0 Å². The van der Waals surface area contributed by atoms with E-state index in [4.69, 9.17) is 9.47 Å². The van der Waals surface area contributed by atoms with Crippen molar-refractivity contribution in [1.82, 2.24) is 14.3 Å². The Kier molecular flexibility index (Phi) is 6.08. The first kappa shape index (κ1) is 19.7. The van der Waals surface area contributed by atoms with E-state index in [-0.39, 0.29) is 11.7 Å². The van der Waals surface area contributed by atoms with Crippen molar-refractivity contribution in [2.24, 2.45) is 0 Å². The summed E-state index contributed by atoms with van der Waals surface area (Å²) in [5.74, 6) is 0.470. The van der Waals surface area contributed by atoms with Gasteiger partial charge in [-0.2, -0.15) is 0 Å². The molecule has 0 bridgehead atoms. The van der Waals surface area contributed by atoms with Gasteiger partial charge in [0.15, 0.2) is 17.2 Å². The highest BCUT2D eigenvalue weighted by atomic mass is 16.6. The van der Waals surface area contributed by atoms with Crippen LogP contribution in [-0.2, 0) is 16.0 Å². The molecule has 0 aliphatic carbocycles. The Morgan fingerprint density at radius 3 is 2.77 bits per heavy atom. The highest BCUT2D eigenvalue weighted by Crippen LogP contribution is 2.20. The number of hydrogen-bond acceptors (Lipinski definition) is 5. The van der Waals surface area contributed by atoms with Crippen LogP contribution in [0.15, 0.2) is 72.9 Å². The summed E-state index contributed by atoms with van der Waals surface area (Å²) in [6.07, 6.45) is 9.34. The van der Waals surface area contributed by atoms with Crippen molar-refractivity contribution in [3.63, 3.8) is 0 Å². The van der Waals surface area contributed by atoms with E-state index in [1.165, 1.54) is 5.56 Å². The zero-order chi connectivity index (χ0) is 20.8. The van der Waals surface area contributed by atoms with Gasteiger partial charge in [0.05, 0.1) is 6.61 Å². The first-order valence-corrected chi connectivity index (χ1v) is 10.0. The number of rotatable bonds is 9. The topological polar surface area (TPSA) is 73.1 Å². The number of nitrogens with zero attached hydrogens (tertiary/aromatic N) is 3. The summed E-state index contributed by atoms with van der Waals surface area (Å²) in [5, 5.41) is 0. The van der Waals surface area contributed by atoms with Gasteiger partial charge >= 0.3 is 6.09 Å². The van der Waals surface area contributed by atoms with Crippen LogP contribution in [0.1, 0.15) is 24.8 Å². The molecule has 0 unspecified atom stereocenters. The Hall–Kier alpha value is -3.61. The van der Waals surface area contributed by atoms with Crippen molar-refractivity contribution in [3.8, 4) is 5.75 Å². The second-order valence-corrected chi connectivity index (χ2v) is 7.00. The smallest absolute Gasteiger partial charge is 0.422 e. The molecule has 7 nitrogen and oxygen atoms in total. The van der Waals surface area contributed by atoms with Crippen LogP contribution in [-0.4, -0.2) is 39.4 Å². The Labute approximate surface area is 174 Å². The molecule has 3 aromatic rings. The fourth-order valence-corrected chi connectivity index (χ4v) is 3.33. The summed E-state index contributed by atoms with van der Waals surface area (Å²) in [4.78, 5) is 29.9. The van der Waals surface area contributed by atoms with Gasteiger partial charge in [-0.1, -0.05) is 30.3 Å². The van der Waals surface area contributed by atoms with Gasteiger partial charge in [-0.3, -0.25) is 4.79 Å². The molecule has 1 aliphatic heterocycles. The lowest BCUT2D eigenvalue weighted by atomic mass is 10.1. The number of hydrogen-bond donors (Lipinski definition) is 0. The van der Waals surface area contributed by atoms with Gasteiger partial charge in [0, 0.05) is 25.1 Å². The summed E-state index contributed by atoms with van der Waals surface area (Å²) in [7, 11) is 0. The summed E-state index contributed by atoms with van der Waals surface area (Å²) in [5.41, 5.74) is 1.94. The fraction of sp³-hybridized carbons (Fsp3) is 0.261. The van der Waals surface area contributed by atoms with Gasteiger partial charge in [-0.25, -0.2) is 14.7 Å². The van der Waals surface area contributed by atoms with E-state index in [0.717, 1.165) is 17.0 Å². The van der Waals surface area contributed by atoms with Crippen LogP contribution >= 0.6 is 0 Å². The van der Waals surface area contributed by atoms with Crippen LogP contribution in [0.2, 0.25) is 0 Å². The Balaban J connectivity index is 1.22. The molecule has 0 radical (unpaired) electrons. The number of pyridine rings is 1. The van der Waals surface area contributed by atoms with Crippen LogP contribution in [0.25, 0.3) is 5.65 Å². The summed E-state index contributed by atoms with van der Waals surface area (Å²) in [6, 6.07) is 13.7. The second kappa shape index (κ2) is 9.26. The first-order valence-electron chi connectivity index (χ1n) is 10.0. The number of imidazole rings is 1. The number of aryl methyl sites for hydroxylation is 1. The molecule has 7 heteroatoms. The lowest BCUT2D eigenvalue weighted by Crippen LogP contribution is -2.30. The predicted octanol–water partition coefficient (Wildman–Crippen LogP) is 3.99. The summed E-state index contributed by atoms with van der Waals surface area (Å²) >= 11 is 0. The zero-order valence-corrected chi connectivity index (χ0v) is 16.6. The van der Waals surface area contributed by atoms with E-state index < -0.39 is 6.09 Å². The number of amides is 2. The third kappa shape index (κ3) is 4.51. The summed E-state index contributed by atoms with van der Waals surface area (Å²) in [6.45, 7) is 0.786. The molecule has 2 aromatic heterocycles. The number of benzene rings is 1. The normalized spacial score (nSPS) is 15.2. The van der Waals surface area contributed by atoms with Crippen LogP contribution < -0.4 is 4.74 Å². The monoisotopic (exact) mass is 405 g/mol. The SMILES string of the molecule is O=C1O/C(=C/CCc2ccccc2)C(=O)N1CCCCOc1cccn2ccnc12. The van der Waals surface area contributed by atoms with Crippen molar-refractivity contribution < 1.29 is 19.1 Å². The van der Waals surface area contributed by atoms with Gasteiger partial charge in [0.25, 0.3) is 5.91 Å². The Morgan fingerprint density at radius 1 is 1.03 bits per heavy atom.